The minimum absolute atomic E-state index is 0.00220. The molecule has 0 fully saturated rings. The number of nitrogens with two attached hydrogens (primary N) is 1. The average molecular weight is 391 g/mol. The molecule has 0 bridgehead atoms. The first-order valence-electron chi connectivity index (χ1n) is 5.63. The third-order valence-electron chi connectivity index (χ3n) is 2.87. The molecule has 5 heteroatoms. The lowest BCUT2D eigenvalue weighted by Crippen LogP contribution is -2.16. The van der Waals surface area contributed by atoms with Gasteiger partial charge in [-0.1, -0.05) is 34.1 Å². The predicted molar refractivity (Wildman–Crippen MR) is 78.8 cm³/mol. The van der Waals surface area contributed by atoms with Gasteiger partial charge in [0, 0.05) is 16.1 Å². The number of hydrogen-bond donors (Lipinski definition) is 1. The van der Waals surface area contributed by atoms with Crippen molar-refractivity contribution >= 4 is 31.9 Å². The Morgan fingerprint density at radius 2 is 1.68 bits per heavy atom. The Hall–Kier alpha value is -0.780. The van der Waals surface area contributed by atoms with E-state index in [1.54, 1.807) is 0 Å². The van der Waals surface area contributed by atoms with Crippen molar-refractivity contribution < 1.29 is 8.78 Å². The summed E-state index contributed by atoms with van der Waals surface area (Å²) in [5.41, 5.74) is 6.86. The Bertz CT molecular complexity index is 602. The molecule has 1 nitrogen and oxygen atoms in total. The van der Waals surface area contributed by atoms with E-state index in [2.05, 4.69) is 31.9 Å². The van der Waals surface area contributed by atoms with E-state index in [1.165, 1.54) is 12.1 Å². The molecular weight excluding hydrogens is 380 g/mol. The van der Waals surface area contributed by atoms with Gasteiger partial charge in [0.1, 0.15) is 11.6 Å². The molecule has 0 aromatic heterocycles. The maximum absolute atomic E-state index is 13.9. The number of halogens is 4. The fourth-order valence-corrected chi connectivity index (χ4v) is 2.81. The fourth-order valence-electron chi connectivity index (χ4n) is 1.86. The normalized spacial score (nSPS) is 12.5. The molecular formula is C14H11Br2F2N. The second-order valence-electron chi connectivity index (χ2n) is 4.15. The van der Waals surface area contributed by atoms with Crippen molar-refractivity contribution in [3.05, 3.63) is 68.1 Å². The van der Waals surface area contributed by atoms with Crippen molar-refractivity contribution in [2.24, 2.45) is 5.73 Å². The van der Waals surface area contributed by atoms with Crippen molar-refractivity contribution in [1.82, 2.24) is 0 Å². The smallest absolute Gasteiger partial charge is 0.143 e. The van der Waals surface area contributed by atoms with Crippen LogP contribution in [0.4, 0.5) is 8.78 Å². The van der Waals surface area contributed by atoms with E-state index >= 15 is 0 Å². The second kappa shape index (κ2) is 6.11. The van der Waals surface area contributed by atoms with Crippen LogP contribution in [0.3, 0.4) is 0 Å². The minimum atomic E-state index is -0.595. The molecule has 0 radical (unpaired) electrons. The largest absolute Gasteiger partial charge is 0.324 e. The Morgan fingerprint density at radius 1 is 1.00 bits per heavy atom. The van der Waals surface area contributed by atoms with Crippen LogP contribution in [0.15, 0.2) is 45.3 Å². The third kappa shape index (κ3) is 3.22. The van der Waals surface area contributed by atoms with Crippen LogP contribution in [0, 0.1) is 11.6 Å². The molecule has 0 aliphatic heterocycles. The zero-order valence-corrected chi connectivity index (χ0v) is 13.0. The van der Waals surface area contributed by atoms with Crippen LogP contribution in [0.25, 0.3) is 0 Å². The molecule has 2 N–H and O–H groups in total. The van der Waals surface area contributed by atoms with Crippen LogP contribution >= 0.6 is 31.9 Å². The topological polar surface area (TPSA) is 26.0 Å². The van der Waals surface area contributed by atoms with Gasteiger partial charge in [0.05, 0.1) is 4.47 Å². The van der Waals surface area contributed by atoms with Gasteiger partial charge in [0.25, 0.3) is 0 Å². The maximum atomic E-state index is 13.9. The Morgan fingerprint density at radius 3 is 2.37 bits per heavy atom. The minimum Gasteiger partial charge on any atom is -0.324 e. The highest BCUT2D eigenvalue weighted by atomic mass is 79.9. The van der Waals surface area contributed by atoms with Crippen molar-refractivity contribution in [1.29, 1.82) is 0 Å². The molecule has 1 atom stereocenters. The highest BCUT2D eigenvalue weighted by Crippen LogP contribution is 2.28. The molecule has 1 unspecified atom stereocenters. The third-order valence-corrected chi connectivity index (χ3v) is 4.20. The zero-order valence-electron chi connectivity index (χ0n) is 9.84. The van der Waals surface area contributed by atoms with Crippen molar-refractivity contribution in [2.45, 2.75) is 12.5 Å². The van der Waals surface area contributed by atoms with E-state index in [1.807, 2.05) is 24.3 Å². The summed E-state index contributed by atoms with van der Waals surface area (Å²) in [5.74, 6) is -1.18. The van der Waals surface area contributed by atoms with Crippen LogP contribution in [-0.4, -0.2) is 0 Å². The monoisotopic (exact) mass is 389 g/mol. The van der Waals surface area contributed by atoms with Gasteiger partial charge in [-0.25, -0.2) is 8.78 Å². The quantitative estimate of drug-likeness (QED) is 0.753. The molecule has 0 heterocycles. The molecule has 0 amide bonds. The van der Waals surface area contributed by atoms with Crippen LogP contribution in [0.5, 0.6) is 0 Å². The summed E-state index contributed by atoms with van der Waals surface area (Å²) in [7, 11) is 0. The molecule has 0 saturated heterocycles. The summed E-state index contributed by atoms with van der Waals surface area (Å²) in [6.07, 6.45) is 0.0969. The van der Waals surface area contributed by atoms with Gasteiger partial charge < -0.3 is 5.73 Å². The van der Waals surface area contributed by atoms with Crippen LogP contribution in [-0.2, 0) is 6.42 Å². The summed E-state index contributed by atoms with van der Waals surface area (Å²) < 4.78 is 28.6. The SMILES string of the molecule is NC(Cc1c(F)ccc(Br)c1F)c1ccccc1Br. The Labute approximate surface area is 127 Å². The summed E-state index contributed by atoms with van der Waals surface area (Å²) >= 11 is 6.43. The van der Waals surface area contributed by atoms with Crippen LogP contribution < -0.4 is 5.73 Å². The maximum Gasteiger partial charge on any atom is 0.143 e. The Balaban J connectivity index is 2.32. The van der Waals surface area contributed by atoms with Crippen LogP contribution in [0.1, 0.15) is 17.2 Å². The summed E-state index contributed by atoms with van der Waals surface area (Å²) in [5, 5.41) is 0. The lowest BCUT2D eigenvalue weighted by molar-refractivity contribution is 0.536. The van der Waals surface area contributed by atoms with Gasteiger partial charge in [-0.05, 0) is 46.1 Å². The number of rotatable bonds is 3. The molecule has 0 saturated carbocycles. The van der Waals surface area contributed by atoms with Gasteiger partial charge >= 0.3 is 0 Å². The summed E-state index contributed by atoms with van der Waals surface area (Å²) in [4.78, 5) is 0. The highest BCUT2D eigenvalue weighted by molar-refractivity contribution is 9.10. The highest BCUT2D eigenvalue weighted by Gasteiger charge is 2.17. The zero-order chi connectivity index (χ0) is 14.0. The summed E-state index contributed by atoms with van der Waals surface area (Å²) in [6, 6.07) is 9.49. The van der Waals surface area contributed by atoms with Gasteiger partial charge in [0.2, 0.25) is 0 Å². The molecule has 0 aliphatic rings. The van der Waals surface area contributed by atoms with Gasteiger partial charge in [-0.3, -0.25) is 0 Å². The van der Waals surface area contributed by atoms with Gasteiger partial charge in [-0.2, -0.15) is 0 Å². The molecule has 0 aliphatic carbocycles. The molecule has 19 heavy (non-hydrogen) atoms. The lowest BCUT2D eigenvalue weighted by Gasteiger charge is -2.15. The first-order valence-corrected chi connectivity index (χ1v) is 7.21. The number of benzene rings is 2. The van der Waals surface area contributed by atoms with Gasteiger partial charge in [0.15, 0.2) is 0 Å². The average Bonchev–Trinajstić information content (AvgIpc) is 2.39. The van der Waals surface area contributed by atoms with Crippen molar-refractivity contribution in [3.8, 4) is 0 Å². The van der Waals surface area contributed by atoms with E-state index in [0.29, 0.717) is 0 Å². The van der Waals surface area contributed by atoms with Crippen LogP contribution in [0.2, 0.25) is 0 Å². The van der Waals surface area contributed by atoms with Gasteiger partial charge in [-0.15, -0.1) is 0 Å². The first-order chi connectivity index (χ1) is 9.00. The lowest BCUT2D eigenvalue weighted by atomic mass is 9.99. The molecule has 2 aromatic carbocycles. The molecule has 0 spiro atoms. The molecule has 100 valence electrons. The standard InChI is InChI=1S/C14H11Br2F2N/c15-10-4-2-1-3-8(10)13(19)7-9-12(17)6-5-11(16)14(9)18/h1-6,13H,7,19H2. The predicted octanol–water partition coefficient (Wildman–Crippen LogP) is 4.73. The molecule has 2 rings (SSSR count). The van der Waals surface area contributed by atoms with E-state index in [9.17, 15) is 8.78 Å². The van der Waals surface area contributed by atoms with Crippen molar-refractivity contribution in [3.63, 3.8) is 0 Å². The van der Waals surface area contributed by atoms with E-state index in [-0.39, 0.29) is 16.5 Å². The van der Waals surface area contributed by atoms with E-state index in [4.69, 9.17) is 5.73 Å². The fraction of sp³-hybridized carbons (Fsp3) is 0.143. The van der Waals surface area contributed by atoms with Crippen molar-refractivity contribution in [2.75, 3.05) is 0 Å². The Kier molecular flexibility index (Phi) is 4.71. The van der Waals surface area contributed by atoms with E-state index in [0.717, 1.165) is 10.0 Å². The van der Waals surface area contributed by atoms with E-state index < -0.39 is 17.7 Å². The second-order valence-corrected chi connectivity index (χ2v) is 5.86. The first kappa shape index (κ1) is 14.6. The number of hydrogen-bond acceptors (Lipinski definition) is 1. The molecule has 2 aromatic rings. The summed E-state index contributed by atoms with van der Waals surface area (Å²) in [6.45, 7) is 0.